The second-order valence-corrected chi connectivity index (χ2v) is 8.97. The van der Waals surface area contributed by atoms with Crippen LogP contribution in [0.3, 0.4) is 0 Å². The molecule has 1 aromatic heterocycles. The Hall–Kier alpha value is -3.12. The molecular weight excluding hydrogens is 421 g/mol. The molecule has 0 spiro atoms. The first-order valence-electron chi connectivity index (χ1n) is 10.6. The highest BCUT2D eigenvalue weighted by atomic mass is 32.2. The molecule has 1 aliphatic heterocycles. The molecule has 4 rings (SSSR count). The molecule has 0 saturated carbocycles. The minimum Gasteiger partial charge on any atom is -0.318 e. The maximum absolute atomic E-state index is 13.2. The number of thioether (sulfide) groups is 1. The number of carbonyl (C=O) groups excluding carboxylic acids is 1. The largest absolute Gasteiger partial charge is 0.318 e. The van der Waals surface area contributed by atoms with Crippen molar-refractivity contribution < 1.29 is 9.18 Å². The van der Waals surface area contributed by atoms with Gasteiger partial charge in [0.1, 0.15) is 5.82 Å². The summed E-state index contributed by atoms with van der Waals surface area (Å²) in [6.07, 6.45) is 1.95. The quantitative estimate of drug-likeness (QED) is 0.430. The molecule has 0 unspecified atom stereocenters. The van der Waals surface area contributed by atoms with E-state index in [1.165, 1.54) is 35.0 Å². The van der Waals surface area contributed by atoms with Crippen LogP contribution < -0.4 is 0 Å². The molecule has 1 aliphatic rings. The van der Waals surface area contributed by atoms with Gasteiger partial charge in [-0.15, -0.1) is 0 Å². The van der Waals surface area contributed by atoms with E-state index in [2.05, 4.69) is 61.5 Å². The molecule has 0 aliphatic carbocycles. The van der Waals surface area contributed by atoms with Crippen molar-refractivity contribution in [1.29, 1.82) is 0 Å². The van der Waals surface area contributed by atoms with Crippen molar-refractivity contribution in [2.75, 3.05) is 6.54 Å². The van der Waals surface area contributed by atoms with Crippen LogP contribution in [-0.2, 0) is 4.79 Å². The van der Waals surface area contributed by atoms with E-state index in [0.29, 0.717) is 22.3 Å². The van der Waals surface area contributed by atoms with Crippen LogP contribution in [0.5, 0.6) is 0 Å². The van der Waals surface area contributed by atoms with E-state index in [1.807, 2.05) is 13.0 Å². The maximum atomic E-state index is 13.2. The molecule has 0 radical (unpaired) electrons. The van der Waals surface area contributed by atoms with Crippen molar-refractivity contribution in [2.45, 2.75) is 34.6 Å². The molecule has 0 atom stereocenters. The lowest BCUT2D eigenvalue weighted by atomic mass is 10.1. The van der Waals surface area contributed by atoms with Gasteiger partial charge in [0.05, 0.1) is 10.6 Å². The summed E-state index contributed by atoms with van der Waals surface area (Å²) in [5, 5.41) is 0.610. The molecular formula is C26H26FN3OS. The predicted molar refractivity (Wildman–Crippen MR) is 131 cm³/mol. The van der Waals surface area contributed by atoms with Crippen molar-refractivity contribution in [3.63, 3.8) is 0 Å². The maximum Gasteiger partial charge on any atom is 0.266 e. The van der Waals surface area contributed by atoms with E-state index in [0.717, 1.165) is 22.6 Å². The number of carbonyl (C=O) groups is 1. The lowest BCUT2D eigenvalue weighted by Crippen LogP contribution is -2.28. The number of benzene rings is 2. The van der Waals surface area contributed by atoms with Crippen LogP contribution in [0, 0.1) is 33.5 Å². The minimum absolute atomic E-state index is 0.0608. The Balaban J connectivity index is 1.70. The smallest absolute Gasteiger partial charge is 0.266 e. The number of hydrogen-bond acceptors (Lipinski definition) is 3. The van der Waals surface area contributed by atoms with Crippen molar-refractivity contribution in [3.8, 4) is 5.69 Å². The Morgan fingerprint density at radius 2 is 1.72 bits per heavy atom. The minimum atomic E-state index is -0.309. The van der Waals surface area contributed by atoms with E-state index >= 15 is 0 Å². The van der Waals surface area contributed by atoms with Crippen LogP contribution in [0.2, 0.25) is 0 Å². The number of aliphatic imine (C=N–C) groups is 1. The van der Waals surface area contributed by atoms with Crippen LogP contribution in [0.25, 0.3) is 11.8 Å². The molecule has 1 fully saturated rings. The zero-order valence-corrected chi connectivity index (χ0v) is 19.8. The van der Waals surface area contributed by atoms with E-state index < -0.39 is 0 Å². The third-order valence-corrected chi connectivity index (χ3v) is 6.77. The lowest BCUT2D eigenvalue weighted by molar-refractivity contribution is -0.122. The summed E-state index contributed by atoms with van der Waals surface area (Å²) in [5.41, 5.74) is 7.45. The Kier molecular flexibility index (Phi) is 6.07. The van der Waals surface area contributed by atoms with E-state index in [-0.39, 0.29) is 11.7 Å². The van der Waals surface area contributed by atoms with Gasteiger partial charge in [0.15, 0.2) is 5.17 Å². The van der Waals surface area contributed by atoms with Gasteiger partial charge in [-0.05, 0) is 112 Å². The van der Waals surface area contributed by atoms with Crippen LogP contribution >= 0.6 is 11.8 Å². The monoisotopic (exact) mass is 447 g/mol. The normalized spacial score (nSPS) is 16.6. The Bertz CT molecular complexity index is 1250. The molecule has 0 N–H and O–H groups in total. The Morgan fingerprint density at radius 3 is 2.38 bits per heavy atom. The fourth-order valence-electron chi connectivity index (χ4n) is 3.83. The third kappa shape index (κ3) is 4.15. The number of amidine groups is 1. The second kappa shape index (κ2) is 8.79. The van der Waals surface area contributed by atoms with Gasteiger partial charge in [-0.2, -0.15) is 0 Å². The first-order chi connectivity index (χ1) is 15.3. The van der Waals surface area contributed by atoms with Crippen LogP contribution in [0.4, 0.5) is 10.1 Å². The number of hydrogen-bond donors (Lipinski definition) is 0. The van der Waals surface area contributed by atoms with E-state index in [4.69, 9.17) is 0 Å². The van der Waals surface area contributed by atoms with Gasteiger partial charge in [-0.3, -0.25) is 9.69 Å². The number of aromatic nitrogens is 1. The van der Waals surface area contributed by atoms with E-state index in [9.17, 15) is 9.18 Å². The predicted octanol–water partition coefficient (Wildman–Crippen LogP) is 6.47. The molecule has 2 aromatic carbocycles. The SMILES string of the molecule is CCN1C(=O)/C(=C\c2cc(C)n(-c3ccc(C)c(C)c3)c2C)SC1=Nc1ccc(F)cc1. The average Bonchev–Trinajstić information content (AvgIpc) is 3.21. The van der Waals surface area contributed by atoms with Gasteiger partial charge in [0.2, 0.25) is 0 Å². The van der Waals surface area contributed by atoms with Crippen LogP contribution in [0.15, 0.2) is 58.4 Å². The van der Waals surface area contributed by atoms with Gasteiger partial charge < -0.3 is 4.57 Å². The Labute approximate surface area is 192 Å². The molecule has 0 bridgehead atoms. The molecule has 6 heteroatoms. The number of nitrogens with zero attached hydrogens (tertiary/aromatic N) is 3. The first kappa shape index (κ1) is 22.1. The highest BCUT2D eigenvalue weighted by Gasteiger charge is 2.32. The molecule has 164 valence electrons. The van der Waals surface area contributed by atoms with Gasteiger partial charge in [0.25, 0.3) is 5.91 Å². The summed E-state index contributed by atoms with van der Waals surface area (Å²) in [5.74, 6) is -0.370. The van der Waals surface area contributed by atoms with Crippen LogP contribution in [-0.4, -0.2) is 27.1 Å². The summed E-state index contributed by atoms with van der Waals surface area (Å²) in [7, 11) is 0. The summed E-state index contributed by atoms with van der Waals surface area (Å²) in [6, 6.07) is 14.5. The van der Waals surface area contributed by atoms with Crippen LogP contribution in [0.1, 0.15) is 35.0 Å². The number of likely N-dealkylation sites (N-methyl/N-ethyl adjacent to an activating group) is 1. The standard InChI is InChI=1S/C26H26FN3OS/c1-6-29-25(31)24(32-26(29)28-22-10-8-21(27)9-11-22)15-20-14-18(4)30(19(20)5)23-12-7-16(2)17(3)13-23/h7-15H,6H2,1-5H3/b24-15+,28-26?. The third-order valence-electron chi connectivity index (χ3n) is 5.76. The van der Waals surface area contributed by atoms with Gasteiger partial charge in [-0.25, -0.2) is 9.38 Å². The van der Waals surface area contributed by atoms with Crippen molar-refractivity contribution >= 4 is 34.6 Å². The number of aryl methyl sites for hydroxylation is 3. The second-order valence-electron chi connectivity index (χ2n) is 7.96. The summed E-state index contributed by atoms with van der Waals surface area (Å²) < 4.78 is 15.4. The summed E-state index contributed by atoms with van der Waals surface area (Å²) >= 11 is 1.35. The zero-order chi connectivity index (χ0) is 23.0. The highest BCUT2D eigenvalue weighted by molar-refractivity contribution is 8.18. The average molecular weight is 448 g/mol. The van der Waals surface area contributed by atoms with Gasteiger partial charge in [-0.1, -0.05) is 6.07 Å². The zero-order valence-electron chi connectivity index (χ0n) is 18.9. The number of rotatable bonds is 4. The molecule has 1 amide bonds. The fraction of sp³-hybridized carbons (Fsp3) is 0.231. The molecule has 1 saturated heterocycles. The first-order valence-corrected chi connectivity index (χ1v) is 11.4. The lowest BCUT2D eigenvalue weighted by Gasteiger charge is -2.12. The number of amides is 1. The molecule has 4 nitrogen and oxygen atoms in total. The van der Waals surface area contributed by atoms with Gasteiger partial charge in [0, 0.05) is 23.6 Å². The highest BCUT2D eigenvalue weighted by Crippen LogP contribution is 2.35. The van der Waals surface area contributed by atoms with E-state index in [1.54, 1.807) is 17.0 Å². The molecule has 32 heavy (non-hydrogen) atoms. The molecule has 3 aromatic rings. The van der Waals surface area contributed by atoms with Crippen molar-refractivity contribution in [3.05, 3.63) is 87.3 Å². The molecule has 2 heterocycles. The fourth-order valence-corrected chi connectivity index (χ4v) is 4.89. The van der Waals surface area contributed by atoms with Crippen molar-refractivity contribution in [2.24, 2.45) is 4.99 Å². The number of halogens is 1. The topological polar surface area (TPSA) is 37.6 Å². The Morgan fingerprint density at radius 1 is 1.00 bits per heavy atom. The summed E-state index contributed by atoms with van der Waals surface area (Å²) in [6.45, 7) is 10.8. The van der Waals surface area contributed by atoms with Gasteiger partial charge >= 0.3 is 0 Å². The summed E-state index contributed by atoms with van der Waals surface area (Å²) in [4.78, 5) is 19.9. The van der Waals surface area contributed by atoms with Crippen molar-refractivity contribution in [1.82, 2.24) is 9.47 Å².